The van der Waals surface area contributed by atoms with Crippen LogP contribution >= 0.6 is 15.9 Å². The molecule has 1 aromatic heterocycles. The number of carbonyl (C=O) groups excluding carboxylic acids is 1. The minimum Gasteiger partial charge on any atom is -0.373 e. The van der Waals surface area contributed by atoms with Crippen LogP contribution < -0.4 is 5.56 Å². The summed E-state index contributed by atoms with van der Waals surface area (Å²) < 4.78 is 21.7. The van der Waals surface area contributed by atoms with Gasteiger partial charge in [-0.05, 0) is 54.2 Å². The number of halogens is 2. The fraction of sp³-hybridized carbons (Fsp3) is 0.261. The molecule has 1 saturated carbocycles. The first-order valence-corrected chi connectivity index (χ1v) is 10.5. The molecule has 2 aromatic carbocycles. The van der Waals surface area contributed by atoms with Crippen molar-refractivity contribution in [3.63, 3.8) is 0 Å². The maximum Gasteiger partial charge on any atom is 0.271 e. The molecular formula is C23H20BrFN2O3. The van der Waals surface area contributed by atoms with E-state index in [2.05, 4.69) is 21.0 Å². The third kappa shape index (κ3) is 4.91. The van der Waals surface area contributed by atoms with E-state index in [1.165, 1.54) is 16.8 Å². The van der Waals surface area contributed by atoms with Gasteiger partial charge in [-0.3, -0.25) is 9.59 Å². The van der Waals surface area contributed by atoms with E-state index in [1.54, 1.807) is 36.4 Å². The Morgan fingerprint density at radius 1 is 1.13 bits per heavy atom. The molecule has 0 radical (unpaired) electrons. The molecule has 1 aliphatic carbocycles. The second kappa shape index (κ2) is 9.02. The summed E-state index contributed by atoms with van der Waals surface area (Å²) in [7, 11) is 0. The number of ketones is 1. The number of rotatable bonds is 8. The summed E-state index contributed by atoms with van der Waals surface area (Å²) in [6, 6.07) is 14.9. The second-order valence-corrected chi connectivity index (χ2v) is 8.31. The Balaban J connectivity index is 1.70. The Kier molecular flexibility index (Phi) is 6.20. The van der Waals surface area contributed by atoms with Gasteiger partial charge in [-0.2, -0.15) is 9.78 Å². The number of Topliss-reactive ketones (excluding diaryl/α,β-unsaturated/α-hetero) is 1. The topological polar surface area (TPSA) is 61.2 Å². The zero-order valence-electron chi connectivity index (χ0n) is 16.2. The largest absolute Gasteiger partial charge is 0.373 e. The van der Waals surface area contributed by atoms with Gasteiger partial charge >= 0.3 is 0 Å². The van der Waals surface area contributed by atoms with Gasteiger partial charge in [0.2, 0.25) is 5.78 Å². The van der Waals surface area contributed by atoms with Crippen LogP contribution in [0.5, 0.6) is 0 Å². The second-order valence-electron chi connectivity index (χ2n) is 7.40. The lowest BCUT2D eigenvalue weighted by atomic mass is 10.0. The fourth-order valence-corrected chi connectivity index (χ4v) is 3.49. The molecule has 0 aliphatic heterocycles. The van der Waals surface area contributed by atoms with Crippen molar-refractivity contribution >= 4 is 21.7 Å². The van der Waals surface area contributed by atoms with Crippen LogP contribution in [0.4, 0.5) is 4.39 Å². The van der Waals surface area contributed by atoms with Crippen molar-refractivity contribution in [3.05, 3.63) is 92.1 Å². The predicted octanol–water partition coefficient (Wildman–Crippen LogP) is 4.33. The van der Waals surface area contributed by atoms with Crippen LogP contribution in [-0.4, -0.2) is 28.8 Å². The van der Waals surface area contributed by atoms with Crippen LogP contribution in [0.15, 0.2) is 63.9 Å². The number of nitrogens with zero attached hydrogens (tertiary/aromatic N) is 2. The Morgan fingerprint density at radius 2 is 1.90 bits per heavy atom. The van der Waals surface area contributed by atoms with E-state index in [-0.39, 0.29) is 30.1 Å². The number of hydrogen-bond acceptors (Lipinski definition) is 4. The third-order valence-corrected chi connectivity index (χ3v) is 5.45. The first kappa shape index (κ1) is 20.6. The van der Waals surface area contributed by atoms with Crippen LogP contribution in [0.3, 0.4) is 0 Å². The average Bonchev–Trinajstić information content (AvgIpc) is 3.55. The first-order chi connectivity index (χ1) is 14.5. The van der Waals surface area contributed by atoms with Crippen LogP contribution in [0.25, 0.3) is 5.69 Å². The summed E-state index contributed by atoms with van der Waals surface area (Å²) in [4.78, 5) is 25.6. The van der Waals surface area contributed by atoms with Crippen molar-refractivity contribution in [2.24, 2.45) is 5.92 Å². The Labute approximate surface area is 181 Å². The minimum atomic E-state index is -0.417. The summed E-state index contributed by atoms with van der Waals surface area (Å²) in [5, 5.41) is 4.34. The quantitative estimate of drug-likeness (QED) is 0.459. The molecule has 0 amide bonds. The van der Waals surface area contributed by atoms with Crippen LogP contribution in [-0.2, 0) is 11.2 Å². The molecule has 5 nitrogen and oxygen atoms in total. The molecule has 0 saturated heterocycles. The monoisotopic (exact) mass is 470 g/mol. The SMILES string of the molecule is O=C(COCC1CC1)c1nn(-c2ccccc2)c(=O)cc1Cc1ccc(Br)cc1F. The average molecular weight is 471 g/mol. The number of benzene rings is 2. The lowest BCUT2D eigenvalue weighted by Gasteiger charge is -2.12. The van der Waals surface area contributed by atoms with Crippen molar-refractivity contribution < 1.29 is 13.9 Å². The lowest BCUT2D eigenvalue weighted by molar-refractivity contribution is 0.0732. The number of carbonyl (C=O) groups is 1. The molecule has 1 fully saturated rings. The molecule has 0 unspecified atom stereocenters. The third-order valence-electron chi connectivity index (χ3n) is 4.96. The molecule has 1 heterocycles. The predicted molar refractivity (Wildman–Crippen MR) is 115 cm³/mol. The fourth-order valence-electron chi connectivity index (χ4n) is 3.16. The van der Waals surface area contributed by atoms with Crippen molar-refractivity contribution in [1.82, 2.24) is 9.78 Å². The summed E-state index contributed by atoms with van der Waals surface area (Å²) >= 11 is 3.24. The van der Waals surface area contributed by atoms with Gasteiger partial charge < -0.3 is 4.74 Å². The smallest absolute Gasteiger partial charge is 0.271 e. The Hall–Kier alpha value is -2.64. The van der Waals surface area contributed by atoms with Gasteiger partial charge in [0.25, 0.3) is 5.56 Å². The van der Waals surface area contributed by atoms with Crippen molar-refractivity contribution in [3.8, 4) is 5.69 Å². The standard InChI is InChI=1S/C23H20BrFN2O3/c24-18-9-8-16(20(25)12-18)10-17-11-22(29)27(19-4-2-1-3-5-19)26-23(17)21(28)14-30-13-15-6-7-15/h1-5,8-9,11-12,15H,6-7,10,13-14H2. The highest BCUT2D eigenvalue weighted by atomic mass is 79.9. The van der Waals surface area contributed by atoms with Gasteiger partial charge in [-0.1, -0.05) is 40.2 Å². The highest BCUT2D eigenvalue weighted by Crippen LogP contribution is 2.28. The van der Waals surface area contributed by atoms with E-state index >= 15 is 0 Å². The summed E-state index contributed by atoms with van der Waals surface area (Å²) in [6.07, 6.45) is 2.33. The molecule has 4 rings (SSSR count). The molecular weight excluding hydrogens is 451 g/mol. The number of para-hydroxylation sites is 1. The minimum absolute atomic E-state index is 0.0840. The van der Waals surface area contributed by atoms with E-state index in [0.29, 0.717) is 33.8 Å². The molecule has 3 aromatic rings. The van der Waals surface area contributed by atoms with E-state index in [9.17, 15) is 14.0 Å². The molecule has 0 spiro atoms. The zero-order chi connectivity index (χ0) is 21.1. The van der Waals surface area contributed by atoms with E-state index in [1.807, 2.05) is 6.07 Å². The zero-order valence-corrected chi connectivity index (χ0v) is 17.8. The van der Waals surface area contributed by atoms with Crippen molar-refractivity contribution in [1.29, 1.82) is 0 Å². The van der Waals surface area contributed by atoms with Gasteiger partial charge in [0, 0.05) is 17.0 Å². The normalized spacial score (nSPS) is 13.4. The van der Waals surface area contributed by atoms with Gasteiger partial charge in [0.1, 0.15) is 18.1 Å². The van der Waals surface area contributed by atoms with E-state index in [0.717, 1.165) is 12.8 Å². The van der Waals surface area contributed by atoms with Gasteiger partial charge in [0.15, 0.2) is 0 Å². The molecule has 7 heteroatoms. The van der Waals surface area contributed by atoms with Crippen LogP contribution in [0, 0.1) is 11.7 Å². The lowest BCUT2D eigenvalue weighted by Crippen LogP contribution is -2.27. The molecule has 1 aliphatic rings. The number of ether oxygens (including phenoxy) is 1. The maximum absolute atomic E-state index is 14.4. The van der Waals surface area contributed by atoms with Gasteiger partial charge in [-0.25, -0.2) is 4.39 Å². The van der Waals surface area contributed by atoms with Crippen molar-refractivity contribution in [2.45, 2.75) is 19.3 Å². The summed E-state index contributed by atoms with van der Waals surface area (Å²) in [5.41, 5.74) is 1.05. The molecule has 0 N–H and O–H groups in total. The Bertz CT molecular complexity index is 1130. The van der Waals surface area contributed by atoms with Gasteiger partial charge in [-0.15, -0.1) is 0 Å². The first-order valence-electron chi connectivity index (χ1n) is 9.75. The maximum atomic E-state index is 14.4. The highest BCUT2D eigenvalue weighted by Gasteiger charge is 2.23. The highest BCUT2D eigenvalue weighted by molar-refractivity contribution is 9.10. The van der Waals surface area contributed by atoms with E-state index < -0.39 is 5.82 Å². The summed E-state index contributed by atoms with van der Waals surface area (Å²) in [5.74, 6) is -0.215. The number of aromatic nitrogens is 2. The van der Waals surface area contributed by atoms with Crippen LogP contribution in [0.1, 0.15) is 34.5 Å². The molecule has 154 valence electrons. The summed E-state index contributed by atoms with van der Waals surface area (Å²) in [6.45, 7) is 0.424. The Morgan fingerprint density at radius 3 is 2.60 bits per heavy atom. The molecule has 0 atom stereocenters. The number of hydrogen-bond donors (Lipinski definition) is 0. The van der Waals surface area contributed by atoms with E-state index in [4.69, 9.17) is 4.74 Å². The molecule has 30 heavy (non-hydrogen) atoms. The van der Waals surface area contributed by atoms with Crippen molar-refractivity contribution in [2.75, 3.05) is 13.2 Å². The molecule has 0 bridgehead atoms. The van der Waals surface area contributed by atoms with Gasteiger partial charge in [0.05, 0.1) is 12.3 Å². The van der Waals surface area contributed by atoms with Crippen LogP contribution in [0.2, 0.25) is 0 Å².